The molecule has 3 aromatic carbocycles. The summed E-state index contributed by atoms with van der Waals surface area (Å²) in [5, 5.41) is 13.0. The summed E-state index contributed by atoms with van der Waals surface area (Å²) < 4.78 is 6.58. The summed E-state index contributed by atoms with van der Waals surface area (Å²) >= 11 is 2.12. The van der Waals surface area contributed by atoms with Crippen molar-refractivity contribution in [3.05, 3.63) is 75.9 Å². The molecule has 4 aromatic rings. The lowest BCUT2D eigenvalue weighted by Crippen LogP contribution is -2.13. The van der Waals surface area contributed by atoms with E-state index < -0.39 is 0 Å². The van der Waals surface area contributed by atoms with Gasteiger partial charge in [-0.05, 0) is 65.1 Å². The summed E-state index contributed by atoms with van der Waals surface area (Å²) in [7, 11) is 0. The molecule has 26 heavy (non-hydrogen) atoms. The van der Waals surface area contributed by atoms with Crippen LogP contribution in [0.25, 0.3) is 22.6 Å². The number of benzene rings is 3. The maximum absolute atomic E-state index is 12.5. The summed E-state index contributed by atoms with van der Waals surface area (Å²) in [6.07, 6.45) is 0. The molecule has 0 atom stereocenters. The number of nitrogens with one attached hydrogen (secondary N) is 1. The molecule has 0 aliphatic rings. The van der Waals surface area contributed by atoms with Gasteiger partial charge in [0.05, 0.1) is 11.1 Å². The molecule has 6 heteroatoms. The molecule has 0 bridgehead atoms. The lowest BCUT2D eigenvalue weighted by Gasteiger charge is -2.08. The van der Waals surface area contributed by atoms with Crippen LogP contribution in [0, 0.1) is 3.57 Å². The van der Waals surface area contributed by atoms with E-state index in [1.165, 1.54) is 6.07 Å². The average molecular weight is 456 g/mol. The average Bonchev–Trinajstić information content (AvgIpc) is 3.07. The summed E-state index contributed by atoms with van der Waals surface area (Å²) in [6.45, 7) is 0. The van der Waals surface area contributed by atoms with Crippen LogP contribution in [0.2, 0.25) is 0 Å². The van der Waals surface area contributed by atoms with Crippen molar-refractivity contribution in [1.29, 1.82) is 0 Å². The number of anilines is 1. The molecule has 2 N–H and O–H groups in total. The van der Waals surface area contributed by atoms with Gasteiger partial charge in [0.15, 0.2) is 5.58 Å². The maximum atomic E-state index is 12.5. The fourth-order valence-corrected chi connectivity index (χ4v) is 3.25. The van der Waals surface area contributed by atoms with Crippen LogP contribution in [0.15, 0.2) is 71.1 Å². The minimum Gasteiger partial charge on any atom is -0.507 e. The summed E-state index contributed by atoms with van der Waals surface area (Å²) in [5.41, 5.74) is 2.89. The number of para-hydroxylation sites is 2. The van der Waals surface area contributed by atoms with Crippen molar-refractivity contribution in [2.24, 2.45) is 0 Å². The first-order valence-corrected chi connectivity index (χ1v) is 8.94. The number of amides is 1. The number of phenols is 1. The second-order valence-corrected chi connectivity index (χ2v) is 6.81. The van der Waals surface area contributed by atoms with Gasteiger partial charge in [0.2, 0.25) is 5.89 Å². The topological polar surface area (TPSA) is 75.4 Å². The van der Waals surface area contributed by atoms with E-state index in [1.54, 1.807) is 18.2 Å². The molecule has 0 aliphatic heterocycles. The van der Waals surface area contributed by atoms with Gasteiger partial charge in [0.25, 0.3) is 5.91 Å². The number of aromatic hydroxyl groups is 1. The van der Waals surface area contributed by atoms with Crippen LogP contribution in [0.4, 0.5) is 5.69 Å². The van der Waals surface area contributed by atoms with Crippen LogP contribution in [0.5, 0.6) is 5.75 Å². The van der Waals surface area contributed by atoms with Gasteiger partial charge in [-0.1, -0.05) is 24.3 Å². The van der Waals surface area contributed by atoms with Crippen LogP contribution < -0.4 is 5.32 Å². The third kappa shape index (κ3) is 3.15. The van der Waals surface area contributed by atoms with Crippen LogP contribution in [-0.4, -0.2) is 16.0 Å². The predicted octanol–water partition coefficient (Wildman–Crippen LogP) is 5.06. The summed E-state index contributed by atoms with van der Waals surface area (Å²) in [5.74, 6) is 0.113. The highest BCUT2D eigenvalue weighted by Crippen LogP contribution is 2.33. The third-order valence-electron chi connectivity index (χ3n) is 3.90. The van der Waals surface area contributed by atoms with Gasteiger partial charge in [0.1, 0.15) is 11.3 Å². The van der Waals surface area contributed by atoms with E-state index in [2.05, 4.69) is 32.9 Å². The van der Waals surface area contributed by atoms with E-state index in [0.717, 1.165) is 3.57 Å². The normalized spacial score (nSPS) is 10.8. The van der Waals surface area contributed by atoms with Gasteiger partial charge >= 0.3 is 0 Å². The highest BCUT2D eigenvalue weighted by molar-refractivity contribution is 14.1. The third-order valence-corrected chi connectivity index (χ3v) is 4.84. The molecule has 5 nitrogen and oxygen atoms in total. The molecule has 4 rings (SSSR count). The number of rotatable bonds is 3. The van der Waals surface area contributed by atoms with Gasteiger partial charge in [-0.25, -0.2) is 4.98 Å². The van der Waals surface area contributed by atoms with Gasteiger partial charge in [-0.3, -0.25) is 4.79 Å². The quantitative estimate of drug-likeness (QED) is 0.334. The second-order valence-electron chi connectivity index (χ2n) is 5.65. The van der Waals surface area contributed by atoms with E-state index in [9.17, 15) is 9.90 Å². The molecule has 0 spiro atoms. The number of fused-ring (bicyclic) bond motifs is 1. The zero-order valence-corrected chi connectivity index (χ0v) is 15.6. The van der Waals surface area contributed by atoms with Gasteiger partial charge < -0.3 is 14.8 Å². The van der Waals surface area contributed by atoms with Crippen LogP contribution in [-0.2, 0) is 0 Å². The van der Waals surface area contributed by atoms with E-state index in [1.807, 2.05) is 42.5 Å². The number of carbonyl (C=O) groups is 1. The van der Waals surface area contributed by atoms with Gasteiger partial charge in [0, 0.05) is 9.26 Å². The van der Waals surface area contributed by atoms with E-state index in [0.29, 0.717) is 33.8 Å². The van der Waals surface area contributed by atoms with Crippen LogP contribution >= 0.6 is 22.6 Å². The largest absolute Gasteiger partial charge is 0.507 e. The van der Waals surface area contributed by atoms with E-state index >= 15 is 0 Å². The number of hydrogen-bond donors (Lipinski definition) is 2. The number of phenolic OH excluding ortho intramolecular Hbond substituents is 1. The number of hydrogen-bond acceptors (Lipinski definition) is 4. The SMILES string of the molecule is O=C(Nc1ccc(O)c(-c2nc3ccccc3o2)c1)c1ccccc1I. The molecule has 1 heterocycles. The van der Waals surface area contributed by atoms with Crippen molar-refractivity contribution in [3.63, 3.8) is 0 Å². The van der Waals surface area contributed by atoms with Crippen molar-refractivity contribution in [3.8, 4) is 17.2 Å². The number of nitrogens with zero attached hydrogens (tertiary/aromatic N) is 1. The molecular formula is C20H13IN2O3. The molecule has 0 fully saturated rings. The van der Waals surface area contributed by atoms with Crippen molar-refractivity contribution in [2.75, 3.05) is 5.32 Å². The zero-order chi connectivity index (χ0) is 18.1. The Labute approximate surface area is 162 Å². The van der Waals surface area contributed by atoms with Gasteiger partial charge in [-0.15, -0.1) is 0 Å². The minimum absolute atomic E-state index is 0.0313. The monoisotopic (exact) mass is 456 g/mol. The Morgan fingerprint density at radius 1 is 1.04 bits per heavy atom. The molecule has 0 saturated heterocycles. The summed E-state index contributed by atoms with van der Waals surface area (Å²) in [4.78, 5) is 16.9. The second kappa shape index (κ2) is 6.80. The highest BCUT2D eigenvalue weighted by Gasteiger charge is 2.15. The van der Waals surface area contributed by atoms with Gasteiger partial charge in [-0.2, -0.15) is 0 Å². The predicted molar refractivity (Wildman–Crippen MR) is 108 cm³/mol. The molecule has 0 unspecified atom stereocenters. The number of oxazole rings is 1. The summed E-state index contributed by atoms with van der Waals surface area (Å²) in [6, 6.07) is 19.5. The first-order valence-electron chi connectivity index (χ1n) is 7.86. The Morgan fingerprint density at radius 2 is 1.81 bits per heavy atom. The molecule has 1 aromatic heterocycles. The number of carbonyl (C=O) groups excluding carboxylic acids is 1. The van der Waals surface area contributed by atoms with E-state index in [4.69, 9.17) is 4.42 Å². The lowest BCUT2D eigenvalue weighted by atomic mass is 10.1. The molecule has 0 radical (unpaired) electrons. The number of aromatic nitrogens is 1. The standard InChI is InChI=1S/C20H13IN2O3/c21-15-6-2-1-5-13(15)19(25)22-12-9-10-17(24)14(11-12)20-23-16-7-3-4-8-18(16)26-20/h1-11,24H,(H,22,25). The Morgan fingerprint density at radius 3 is 2.62 bits per heavy atom. The zero-order valence-electron chi connectivity index (χ0n) is 13.4. The smallest absolute Gasteiger partial charge is 0.256 e. The Kier molecular flexibility index (Phi) is 4.34. The van der Waals surface area contributed by atoms with E-state index in [-0.39, 0.29) is 11.7 Å². The van der Waals surface area contributed by atoms with Crippen molar-refractivity contribution >= 4 is 45.3 Å². The maximum Gasteiger partial charge on any atom is 0.256 e. The van der Waals surface area contributed by atoms with Crippen LogP contribution in [0.1, 0.15) is 10.4 Å². The Bertz CT molecular complexity index is 1090. The Hall–Kier alpha value is -2.87. The molecule has 0 aliphatic carbocycles. The first-order chi connectivity index (χ1) is 12.6. The Balaban J connectivity index is 1.68. The first kappa shape index (κ1) is 16.6. The molecule has 128 valence electrons. The number of halogens is 1. The molecule has 0 saturated carbocycles. The highest BCUT2D eigenvalue weighted by atomic mass is 127. The molecular weight excluding hydrogens is 443 g/mol. The lowest BCUT2D eigenvalue weighted by molar-refractivity contribution is 0.102. The fraction of sp³-hybridized carbons (Fsp3) is 0. The van der Waals surface area contributed by atoms with Crippen LogP contribution in [0.3, 0.4) is 0 Å². The van der Waals surface area contributed by atoms with Crippen molar-refractivity contribution < 1.29 is 14.3 Å². The fourth-order valence-electron chi connectivity index (χ4n) is 2.62. The van der Waals surface area contributed by atoms with Crippen molar-refractivity contribution in [2.45, 2.75) is 0 Å². The minimum atomic E-state index is -0.218. The van der Waals surface area contributed by atoms with Crippen molar-refractivity contribution in [1.82, 2.24) is 4.98 Å². The molecule has 1 amide bonds.